The van der Waals surface area contributed by atoms with Gasteiger partial charge in [0.05, 0.1) is 29.5 Å². The number of carbonyl (C=O) groups excluding carboxylic acids is 1. The van der Waals surface area contributed by atoms with Crippen LogP contribution in [0.5, 0.6) is 0 Å². The first-order valence-electron chi connectivity index (χ1n) is 8.21. The summed E-state index contributed by atoms with van der Waals surface area (Å²) in [6.45, 7) is 0.254. The van der Waals surface area contributed by atoms with Crippen molar-refractivity contribution in [1.82, 2.24) is 15.5 Å². The van der Waals surface area contributed by atoms with Crippen molar-refractivity contribution >= 4 is 5.91 Å². The topological polar surface area (TPSA) is 81.2 Å². The number of aromatic nitrogens is 2. The molecule has 0 radical (unpaired) electrons. The van der Waals surface area contributed by atoms with E-state index in [0.717, 1.165) is 0 Å². The molecule has 2 heterocycles. The zero-order valence-corrected chi connectivity index (χ0v) is 14.1. The molecule has 0 bridgehead atoms. The number of halogens is 1. The molecule has 0 saturated heterocycles. The first-order valence-corrected chi connectivity index (χ1v) is 8.21. The van der Waals surface area contributed by atoms with E-state index in [4.69, 9.17) is 8.94 Å². The number of hydrogen-bond acceptors (Lipinski definition) is 5. The SMILES string of the molecule is O=C(NCc1ccco1)c1ccccc1-c1nc(-c2ccccc2F)no1. The molecular formula is C20H14FN3O3. The Morgan fingerprint density at radius 3 is 2.56 bits per heavy atom. The predicted molar refractivity (Wildman–Crippen MR) is 95.0 cm³/mol. The van der Waals surface area contributed by atoms with Crippen molar-refractivity contribution in [2.45, 2.75) is 6.54 Å². The fraction of sp³-hybridized carbons (Fsp3) is 0.0500. The smallest absolute Gasteiger partial charge is 0.259 e. The number of rotatable bonds is 5. The van der Waals surface area contributed by atoms with Gasteiger partial charge in [-0.05, 0) is 36.4 Å². The molecule has 2 aromatic heterocycles. The van der Waals surface area contributed by atoms with Crippen LogP contribution in [0.4, 0.5) is 4.39 Å². The fourth-order valence-corrected chi connectivity index (χ4v) is 2.63. The molecule has 0 aliphatic carbocycles. The third kappa shape index (κ3) is 3.48. The van der Waals surface area contributed by atoms with Gasteiger partial charge in [0, 0.05) is 0 Å². The highest BCUT2D eigenvalue weighted by Crippen LogP contribution is 2.26. The minimum atomic E-state index is -0.450. The highest BCUT2D eigenvalue weighted by Gasteiger charge is 2.19. The number of hydrogen-bond donors (Lipinski definition) is 1. The summed E-state index contributed by atoms with van der Waals surface area (Å²) in [5.41, 5.74) is 1.06. The molecule has 0 saturated carbocycles. The first kappa shape index (κ1) is 16.7. The normalized spacial score (nSPS) is 10.7. The molecule has 4 rings (SSSR count). The monoisotopic (exact) mass is 363 g/mol. The minimum Gasteiger partial charge on any atom is -0.467 e. The third-order valence-corrected chi connectivity index (χ3v) is 3.95. The largest absolute Gasteiger partial charge is 0.467 e. The lowest BCUT2D eigenvalue weighted by Gasteiger charge is -2.06. The highest BCUT2D eigenvalue weighted by atomic mass is 19.1. The van der Waals surface area contributed by atoms with Crippen LogP contribution in [0, 0.1) is 5.82 Å². The van der Waals surface area contributed by atoms with Crippen molar-refractivity contribution in [3.63, 3.8) is 0 Å². The Labute approximate surface area is 153 Å². The van der Waals surface area contributed by atoms with Gasteiger partial charge in [0.25, 0.3) is 11.8 Å². The zero-order valence-electron chi connectivity index (χ0n) is 14.1. The predicted octanol–water partition coefficient (Wildman–Crippen LogP) is 4.07. The molecule has 6 nitrogen and oxygen atoms in total. The Morgan fingerprint density at radius 1 is 1.00 bits per heavy atom. The van der Waals surface area contributed by atoms with Crippen LogP contribution in [-0.4, -0.2) is 16.0 Å². The summed E-state index contributed by atoms with van der Waals surface area (Å²) in [6.07, 6.45) is 1.54. The van der Waals surface area contributed by atoms with E-state index in [1.165, 1.54) is 12.3 Å². The van der Waals surface area contributed by atoms with Crippen molar-refractivity contribution in [2.75, 3.05) is 0 Å². The second-order valence-corrected chi connectivity index (χ2v) is 5.71. The van der Waals surface area contributed by atoms with Crippen LogP contribution in [-0.2, 0) is 6.54 Å². The van der Waals surface area contributed by atoms with Gasteiger partial charge in [-0.2, -0.15) is 4.98 Å². The summed E-state index contributed by atoms with van der Waals surface area (Å²) in [5.74, 6) is 0.133. The summed E-state index contributed by atoms with van der Waals surface area (Å²) in [7, 11) is 0. The maximum atomic E-state index is 13.9. The average molecular weight is 363 g/mol. The summed E-state index contributed by atoms with van der Waals surface area (Å²) in [4.78, 5) is 16.8. The standard InChI is InChI=1S/C20H14FN3O3/c21-17-10-4-3-9-16(17)18-23-20(27-24-18)15-8-2-1-7-14(15)19(25)22-12-13-6-5-11-26-13/h1-11H,12H2,(H,22,25). The van der Waals surface area contributed by atoms with Gasteiger partial charge in [0.2, 0.25) is 5.82 Å². The Bertz CT molecular complexity index is 1070. The molecule has 0 aliphatic rings. The molecule has 4 aromatic rings. The zero-order chi connectivity index (χ0) is 18.6. The van der Waals surface area contributed by atoms with Gasteiger partial charge in [-0.15, -0.1) is 0 Å². The van der Waals surface area contributed by atoms with Gasteiger partial charge >= 0.3 is 0 Å². The van der Waals surface area contributed by atoms with Crippen molar-refractivity contribution in [3.8, 4) is 22.8 Å². The van der Waals surface area contributed by atoms with Gasteiger partial charge in [-0.25, -0.2) is 4.39 Å². The van der Waals surface area contributed by atoms with Crippen LogP contribution < -0.4 is 5.32 Å². The molecule has 0 aliphatic heterocycles. The average Bonchev–Trinajstić information content (AvgIpc) is 3.38. The molecule has 0 spiro atoms. The molecule has 0 fully saturated rings. The number of furan rings is 1. The Morgan fingerprint density at radius 2 is 1.78 bits per heavy atom. The van der Waals surface area contributed by atoms with E-state index in [1.54, 1.807) is 54.6 Å². The molecule has 134 valence electrons. The number of benzene rings is 2. The molecule has 1 amide bonds. The van der Waals surface area contributed by atoms with Crippen LogP contribution in [0.3, 0.4) is 0 Å². The molecule has 1 N–H and O–H groups in total. The maximum Gasteiger partial charge on any atom is 0.259 e. The molecular weight excluding hydrogens is 349 g/mol. The lowest BCUT2D eigenvalue weighted by atomic mass is 10.1. The number of carbonyl (C=O) groups is 1. The summed E-state index contributed by atoms with van der Waals surface area (Å²) in [5, 5.41) is 6.61. The van der Waals surface area contributed by atoms with Gasteiger partial charge in [-0.1, -0.05) is 29.4 Å². The van der Waals surface area contributed by atoms with Gasteiger partial charge < -0.3 is 14.3 Å². The Balaban J connectivity index is 1.61. The second kappa shape index (κ2) is 7.25. The Kier molecular flexibility index (Phi) is 4.49. The summed E-state index contributed by atoms with van der Waals surface area (Å²) < 4.78 is 24.4. The van der Waals surface area contributed by atoms with E-state index >= 15 is 0 Å². The van der Waals surface area contributed by atoms with Gasteiger partial charge in [-0.3, -0.25) is 4.79 Å². The fourth-order valence-electron chi connectivity index (χ4n) is 2.63. The van der Waals surface area contributed by atoms with Crippen molar-refractivity contribution in [1.29, 1.82) is 0 Å². The highest BCUT2D eigenvalue weighted by molar-refractivity contribution is 5.99. The molecule has 2 aromatic carbocycles. The summed E-state index contributed by atoms with van der Waals surface area (Å²) in [6, 6.07) is 16.5. The second-order valence-electron chi connectivity index (χ2n) is 5.71. The lowest BCUT2D eigenvalue weighted by molar-refractivity contribution is 0.0948. The van der Waals surface area contributed by atoms with Gasteiger partial charge in [0.15, 0.2) is 0 Å². The number of amides is 1. The van der Waals surface area contributed by atoms with E-state index in [-0.39, 0.29) is 29.7 Å². The van der Waals surface area contributed by atoms with Crippen molar-refractivity contribution in [2.24, 2.45) is 0 Å². The quantitative estimate of drug-likeness (QED) is 0.578. The molecule has 27 heavy (non-hydrogen) atoms. The molecule has 0 atom stereocenters. The lowest BCUT2D eigenvalue weighted by Crippen LogP contribution is -2.23. The number of nitrogens with zero attached hydrogens (tertiary/aromatic N) is 2. The van der Waals surface area contributed by atoms with Crippen LogP contribution in [0.15, 0.2) is 75.9 Å². The van der Waals surface area contributed by atoms with E-state index < -0.39 is 5.82 Å². The van der Waals surface area contributed by atoms with Crippen LogP contribution in [0.25, 0.3) is 22.8 Å². The van der Waals surface area contributed by atoms with Crippen molar-refractivity contribution in [3.05, 3.63) is 84.1 Å². The van der Waals surface area contributed by atoms with Crippen LogP contribution >= 0.6 is 0 Å². The van der Waals surface area contributed by atoms with E-state index in [2.05, 4.69) is 15.5 Å². The van der Waals surface area contributed by atoms with Crippen molar-refractivity contribution < 1.29 is 18.1 Å². The number of nitrogens with one attached hydrogen (secondary N) is 1. The molecule has 7 heteroatoms. The Hall–Kier alpha value is -3.74. The van der Waals surface area contributed by atoms with Crippen LogP contribution in [0.1, 0.15) is 16.1 Å². The molecule has 0 unspecified atom stereocenters. The van der Waals surface area contributed by atoms with E-state index in [0.29, 0.717) is 16.9 Å². The first-order chi connectivity index (χ1) is 13.2. The minimum absolute atomic E-state index is 0.119. The maximum absolute atomic E-state index is 13.9. The van der Waals surface area contributed by atoms with E-state index in [1.807, 2.05) is 0 Å². The van der Waals surface area contributed by atoms with Gasteiger partial charge in [0.1, 0.15) is 11.6 Å². The summed E-state index contributed by atoms with van der Waals surface area (Å²) >= 11 is 0. The third-order valence-electron chi connectivity index (χ3n) is 3.95. The van der Waals surface area contributed by atoms with Crippen LogP contribution in [0.2, 0.25) is 0 Å². The van der Waals surface area contributed by atoms with E-state index in [9.17, 15) is 9.18 Å².